The second kappa shape index (κ2) is 9.05. The molecule has 0 N–H and O–H groups in total. The van der Waals surface area contributed by atoms with Crippen LogP contribution in [0.2, 0.25) is 0 Å². The number of nitriles is 1. The zero-order chi connectivity index (χ0) is 23.5. The molecule has 0 unspecified atom stereocenters. The Morgan fingerprint density at radius 3 is 1.35 bits per heavy atom. The summed E-state index contributed by atoms with van der Waals surface area (Å²) in [5.41, 5.74) is 1.42. The summed E-state index contributed by atoms with van der Waals surface area (Å²) in [5.74, 6) is -0.289. The Bertz CT molecular complexity index is 1620. The molecule has 6 rings (SSSR count). The van der Waals surface area contributed by atoms with E-state index in [1.54, 1.807) is 0 Å². The van der Waals surface area contributed by atoms with E-state index in [2.05, 4.69) is 18.2 Å². The van der Waals surface area contributed by atoms with Gasteiger partial charge in [-0.25, -0.2) is 4.79 Å². The van der Waals surface area contributed by atoms with E-state index in [0.29, 0.717) is 5.56 Å². The van der Waals surface area contributed by atoms with E-state index in [0.717, 1.165) is 48.7 Å². The predicted molar refractivity (Wildman–Crippen MR) is 139 cm³/mol. The number of nitrogens with zero attached hydrogens (tertiary/aromatic N) is 1. The van der Waals surface area contributed by atoms with E-state index >= 15 is 0 Å². The lowest BCUT2D eigenvalue weighted by Gasteiger charge is -2.09. The third-order valence-electron chi connectivity index (χ3n) is 6.04. The molecular formula is C31H21NO2. The molecule has 3 nitrogen and oxygen atoms in total. The molecule has 0 aromatic heterocycles. The van der Waals surface area contributed by atoms with E-state index in [1.165, 1.54) is 7.11 Å². The molecule has 0 amide bonds. The molecule has 3 heteroatoms. The van der Waals surface area contributed by atoms with Gasteiger partial charge >= 0.3 is 5.97 Å². The summed E-state index contributed by atoms with van der Waals surface area (Å²) in [5, 5.41) is 17.6. The summed E-state index contributed by atoms with van der Waals surface area (Å²) in [6.45, 7) is 0. The Kier molecular flexibility index (Phi) is 5.64. The lowest BCUT2D eigenvalue weighted by Crippen LogP contribution is -2.03. The fraction of sp³-hybridized carbons (Fsp3) is 0.0323. The zero-order valence-corrected chi connectivity index (χ0v) is 18.7. The van der Waals surface area contributed by atoms with Gasteiger partial charge in [0.05, 0.1) is 18.2 Å². The summed E-state index contributed by atoms with van der Waals surface area (Å²) in [6.07, 6.45) is 0. The highest BCUT2D eigenvalue weighted by atomic mass is 16.5. The topological polar surface area (TPSA) is 50.1 Å². The largest absolute Gasteiger partial charge is 0.465 e. The van der Waals surface area contributed by atoms with Crippen molar-refractivity contribution in [2.24, 2.45) is 0 Å². The SMILES string of the molecule is COC(=O)c1c2ccccc2cc2ccccc12.N#Cc1c2ccccc2cc2ccccc12. The molecule has 6 aromatic rings. The van der Waals surface area contributed by atoms with Gasteiger partial charge in [0.2, 0.25) is 0 Å². The van der Waals surface area contributed by atoms with E-state index in [1.807, 2.05) is 97.1 Å². The van der Waals surface area contributed by atoms with Crippen molar-refractivity contribution in [1.82, 2.24) is 0 Å². The van der Waals surface area contributed by atoms with Crippen molar-refractivity contribution in [3.63, 3.8) is 0 Å². The highest BCUT2D eigenvalue weighted by Gasteiger charge is 2.14. The molecule has 0 spiro atoms. The second-order valence-corrected chi connectivity index (χ2v) is 7.99. The van der Waals surface area contributed by atoms with Gasteiger partial charge in [0.15, 0.2) is 0 Å². The molecule has 34 heavy (non-hydrogen) atoms. The summed E-state index contributed by atoms with van der Waals surface area (Å²) >= 11 is 0. The number of carbonyl (C=O) groups excluding carboxylic acids is 1. The fourth-order valence-electron chi connectivity index (χ4n) is 4.47. The van der Waals surface area contributed by atoms with Gasteiger partial charge in [-0.3, -0.25) is 0 Å². The van der Waals surface area contributed by atoms with Crippen molar-refractivity contribution >= 4 is 49.1 Å². The van der Waals surface area contributed by atoms with Gasteiger partial charge in [0.1, 0.15) is 6.07 Å². The maximum Gasteiger partial charge on any atom is 0.339 e. The summed E-state index contributed by atoms with van der Waals surface area (Å²) in [7, 11) is 1.42. The molecule has 0 fully saturated rings. The van der Waals surface area contributed by atoms with Gasteiger partial charge in [-0.1, -0.05) is 97.1 Å². The van der Waals surface area contributed by atoms with Crippen LogP contribution >= 0.6 is 0 Å². The first kappa shape index (κ1) is 21.2. The average Bonchev–Trinajstić information content (AvgIpc) is 2.90. The number of hydrogen-bond acceptors (Lipinski definition) is 3. The highest BCUT2D eigenvalue weighted by molar-refractivity contribution is 6.16. The Balaban J connectivity index is 0.000000142. The third kappa shape index (κ3) is 3.72. The number of hydrogen-bond donors (Lipinski definition) is 0. The van der Waals surface area contributed by atoms with Crippen molar-refractivity contribution < 1.29 is 9.53 Å². The Morgan fingerprint density at radius 1 is 0.618 bits per heavy atom. The zero-order valence-electron chi connectivity index (χ0n) is 18.7. The van der Waals surface area contributed by atoms with Crippen LogP contribution in [0.3, 0.4) is 0 Å². The maximum absolute atomic E-state index is 12.0. The van der Waals surface area contributed by atoms with Crippen LogP contribution < -0.4 is 0 Å². The monoisotopic (exact) mass is 439 g/mol. The first-order valence-electron chi connectivity index (χ1n) is 11.0. The van der Waals surface area contributed by atoms with Crippen LogP contribution in [-0.2, 0) is 4.74 Å². The van der Waals surface area contributed by atoms with Gasteiger partial charge in [-0.05, 0) is 44.5 Å². The van der Waals surface area contributed by atoms with Gasteiger partial charge in [-0.2, -0.15) is 5.26 Å². The molecule has 0 atom stereocenters. The van der Waals surface area contributed by atoms with Gasteiger partial charge < -0.3 is 4.74 Å². The Labute approximate surface area is 197 Å². The lowest BCUT2D eigenvalue weighted by atomic mass is 9.97. The number of ether oxygens (including phenoxy) is 1. The average molecular weight is 440 g/mol. The molecule has 0 saturated heterocycles. The number of esters is 1. The fourth-order valence-corrected chi connectivity index (χ4v) is 4.47. The number of benzene rings is 6. The van der Waals surface area contributed by atoms with Crippen LogP contribution in [-0.4, -0.2) is 13.1 Å². The number of fused-ring (bicyclic) bond motifs is 4. The van der Waals surface area contributed by atoms with Gasteiger partial charge in [0.25, 0.3) is 0 Å². The molecule has 162 valence electrons. The third-order valence-corrected chi connectivity index (χ3v) is 6.04. The van der Waals surface area contributed by atoms with E-state index in [-0.39, 0.29) is 5.97 Å². The van der Waals surface area contributed by atoms with E-state index in [9.17, 15) is 10.1 Å². The molecule has 0 radical (unpaired) electrons. The Morgan fingerprint density at radius 2 is 0.971 bits per heavy atom. The minimum atomic E-state index is -0.289. The van der Waals surface area contributed by atoms with E-state index < -0.39 is 0 Å². The predicted octanol–water partition coefficient (Wildman–Crippen LogP) is 7.64. The number of rotatable bonds is 1. The quantitative estimate of drug-likeness (QED) is 0.195. The van der Waals surface area contributed by atoms with Crippen LogP contribution in [0.25, 0.3) is 43.1 Å². The molecule has 0 heterocycles. The van der Waals surface area contributed by atoms with Crippen molar-refractivity contribution in [1.29, 1.82) is 5.26 Å². The van der Waals surface area contributed by atoms with Gasteiger partial charge in [-0.15, -0.1) is 0 Å². The molecule has 0 saturated carbocycles. The van der Waals surface area contributed by atoms with Crippen LogP contribution in [0.5, 0.6) is 0 Å². The van der Waals surface area contributed by atoms with Crippen molar-refractivity contribution in [3.05, 3.63) is 120 Å². The molecule has 0 aliphatic heterocycles. The second-order valence-electron chi connectivity index (χ2n) is 7.99. The standard InChI is InChI=1S/C16H12O2.C15H9N/c1-18-16(17)15-13-8-4-2-6-11(13)10-12-7-3-5-9-14(12)15;16-10-15-13-7-3-1-5-11(13)9-12-6-2-4-8-14(12)15/h2-10H,1H3;1-9H. The molecule has 0 bridgehead atoms. The van der Waals surface area contributed by atoms with Gasteiger partial charge in [0, 0.05) is 10.8 Å². The van der Waals surface area contributed by atoms with Crippen molar-refractivity contribution in [3.8, 4) is 6.07 Å². The van der Waals surface area contributed by atoms with Crippen LogP contribution in [0.1, 0.15) is 15.9 Å². The minimum absolute atomic E-state index is 0.289. The Hall–Kier alpha value is -4.68. The maximum atomic E-state index is 12.0. The summed E-state index contributed by atoms with van der Waals surface area (Å²) in [4.78, 5) is 12.0. The summed E-state index contributed by atoms with van der Waals surface area (Å²) in [6, 6.07) is 38.3. The van der Waals surface area contributed by atoms with Crippen molar-refractivity contribution in [2.75, 3.05) is 7.11 Å². The van der Waals surface area contributed by atoms with Crippen molar-refractivity contribution in [2.45, 2.75) is 0 Å². The smallest absolute Gasteiger partial charge is 0.339 e. The lowest BCUT2D eigenvalue weighted by molar-refractivity contribution is 0.0605. The molecule has 0 aliphatic rings. The van der Waals surface area contributed by atoms with E-state index in [4.69, 9.17) is 4.74 Å². The molecule has 6 aromatic carbocycles. The van der Waals surface area contributed by atoms with Crippen LogP contribution in [0.15, 0.2) is 109 Å². The van der Waals surface area contributed by atoms with Crippen LogP contribution in [0, 0.1) is 11.3 Å². The molecule has 0 aliphatic carbocycles. The summed E-state index contributed by atoms with van der Waals surface area (Å²) < 4.78 is 4.91. The first-order chi connectivity index (χ1) is 16.7. The number of methoxy groups -OCH3 is 1. The first-order valence-corrected chi connectivity index (χ1v) is 11.0. The molecular weight excluding hydrogens is 418 g/mol. The van der Waals surface area contributed by atoms with Crippen LogP contribution in [0.4, 0.5) is 0 Å². The normalized spacial score (nSPS) is 10.6. The highest BCUT2D eigenvalue weighted by Crippen LogP contribution is 2.29. The number of carbonyl (C=O) groups is 1. The minimum Gasteiger partial charge on any atom is -0.465 e.